The summed E-state index contributed by atoms with van der Waals surface area (Å²) in [6.07, 6.45) is 5.52. The Morgan fingerprint density at radius 1 is 1.31 bits per heavy atom. The molecular weight excluding hydrogens is 158 g/mol. The van der Waals surface area contributed by atoms with Gasteiger partial charge in [0.2, 0.25) is 0 Å². The second-order valence-corrected chi connectivity index (χ2v) is 2.92. The zero-order chi connectivity index (χ0) is 9.36. The van der Waals surface area contributed by atoms with Crippen molar-refractivity contribution in [1.29, 1.82) is 0 Å². The molecule has 0 aliphatic rings. The lowest BCUT2D eigenvalue weighted by atomic mass is 10.2. The van der Waals surface area contributed by atoms with Gasteiger partial charge in [-0.2, -0.15) is 0 Å². The highest BCUT2D eigenvalue weighted by atomic mass is 14.7. The molecular formula is C12H15N. The van der Waals surface area contributed by atoms with Crippen molar-refractivity contribution >= 4 is 11.6 Å². The molecule has 0 aliphatic carbocycles. The smallest absolute Gasteiger partial charge is 0.0729 e. The number of allylic oxidation sites excluding steroid dienone is 1. The van der Waals surface area contributed by atoms with Crippen molar-refractivity contribution in [1.82, 2.24) is 0 Å². The van der Waals surface area contributed by atoms with Crippen LogP contribution < -0.4 is 0 Å². The average Bonchev–Trinajstić information content (AvgIpc) is 2.19. The maximum absolute atomic E-state index is 4.17. The van der Waals surface area contributed by atoms with Gasteiger partial charge < -0.3 is 0 Å². The summed E-state index contributed by atoms with van der Waals surface area (Å²) in [6, 6.07) is 9.89. The molecule has 0 spiro atoms. The van der Waals surface area contributed by atoms with Crippen molar-refractivity contribution in [2.24, 2.45) is 4.99 Å². The number of para-hydroxylation sites is 1. The molecule has 1 rings (SSSR count). The first-order valence-electron chi connectivity index (χ1n) is 4.76. The van der Waals surface area contributed by atoms with Gasteiger partial charge in [0.1, 0.15) is 0 Å². The van der Waals surface area contributed by atoms with Crippen molar-refractivity contribution in [2.75, 3.05) is 0 Å². The van der Waals surface area contributed by atoms with Crippen LogP contribution in [0, 0.1) is 0 Å². The third kappa shape index (κ3) is 4.29. The molecule has 0 atom stereocenters. The van der Waals surface area contributed by atoms with E-state index in [1.54, 1.807) is 0 Å². The molecule has 0 N–H and O–H groups in total. The molecule has 0 fully saturated rings. The Kier molecular flexibility index (Phi) is 4.66. The van der Waals surface area contributed by atoms with Crippen LogP contribution in [-0.2, 0) is 0 Å². The molecule has 1 aromatic rings. The molecule has 1 aromatic carbocycles. The van der Waals surface area contributed by atoms with Gasteiger partial charge in [0.05, 0.1) is 5.69 Å². The third-order valence-corrected chi connectivity index (χ3v) is 1.74. The van der Waals surface area contributed by atoms with Crippen molar-refractivity contribution in [3.63, 3.8) is 0 Å². The number of hydrogen-bond donors (Lipinski definition) is 0. The highest BCUT2D eigenvalue weighted by Crippen LogP contribution is 2.07. The summed E-state index contributed by atoms with van der Waals surface area (Å²) in [6.45, 7) is 2.18. The molecule has 1 nitrogen and oxygen atoms in total. The number of aliphatic imine (C=N–C) groups is 1. The highest BCUT2D eigenvalue weighted by Gasteiger charge is 1.80. The molecule has 13 heavy (non-hydrogen) atoms. The van der Waals surface area contributed by atoms with E-state index >= 15 is 0 Å². The maximum atomic E-state index is 4.17. The monoisotopic (exact) mass is 173 g/mol. The molecule has 0 aromatic heterocycles. The lowest BCUT2D eigenvalue weighted by Gasteiger charge is -1.86. The first-order chi connectivity index (χ1) is 6.43. The lowest BCUT2D eigenvalue weighted by Crippen LogP contribution is -1.67. The van der Waals surface area contributed by atoms with E-state index in [1.807, 2.05) is 36.4 Å². The number of nitrogens with zero attached hydrogens (tertiary/aromatic N) is 1. The van der Waals surface area contributed by atoms with Crippen LogP contribution in [0.4, 0.5) is 5.69 Å². The van der Waals surface area contributed by atoms with Gasteiger partial charge in [0.25, 0.3) is 0 Å². The van der Waals surface area contributed by atoms with E-state index in [0.717, 1.165) is 12.1 Å². The summed E-state index contributed by atoms with van der Waals surface area (Å²) >= 11 is 0. The normalized spacial score (nSPS) is 9.00. The van der Waals surface area contributed by atoms with E-state index in [9.17, 15) is 0 Å². The summed E-state index contributed by atoms with van der Waals surface area (Å²) in [5.74, 6) is 2.94. The van der Waals surface area contributed by atoms with Crippen LogP contribution in [0.3, 0.4) is 0 Å². The van der Waals surface area contributed by atoms with Gasteiger partial charge in [-0.05, 0) is 36.9 Å². The Morgan fingerprint density at radius 3 is 2.77 bits per heavy atom. The van der Waals surface area contributed by atoms with Crippen LogP contribution in [0.15, 0.2) is 41.4 Å². The van der Waals surface area contributed by atoms with Crippen LogP contribution in [0.25, 0.3) is 0 Å². The second kappa shape index (κ2) is 6.22. The molecule has 0 unspecified atom stereocenters. The Bertz CT molecular complexity index is 281. The average molecular weight is 173 g/mol. The minimum Gasteiger partial charge on any atom is -0.207 e. The Morgan fingerprint density at radius 2 is 2.08 bits per heavy atom. The van der Waals surface area contributed by atoms with E-state index in [1.165, 1.54) is 12.8 Å². The fourth-order valence-corrected chi connectivity index (χ4v) is 0.993. The Balaban J connectivity index is 2.44. The maximum Gasteiger partial charge on any atom is 0.0729 e. The molecule has 0 aliphatic heterocycles. The lowest BCUT2D eigenvalue weighted by molar-refractivity contribution is 0.818. The van der Waals surface area contributed by atoms with Gasteiger partial charge in [-0.15, -0.1) is 0 Å². The van der Waals surface area contributed by atoms with Gasteiger partial charge in [-0.3, -0.25) is 0 Å². The summed E-state index contributed by atoms with van der Waals surface area (Å²) in [5, 5.41) is 0. The van der Waals surface area contributed by atoms with Gasteiger partial charge in [-0.1, -0.05) is 31.5 Å². The van der Waals surface area contributed by atoms with Gasteiger partial charge >= 0.3 is 0 Å². The van der Waals surface area contributed by atoms with E-state index < -0.39 is 0 Å². The standard InChI is InChI=1S/C12H15N/c1-2-3-4-8-11-13-12-9-6-5-7-10-12/h5-10H,2-4H2,1H3. The van der Waals surface area contributed by atoms with Crippen molar-refractivity contribution in [3.8, 4) is 0 Å². The summed E-state index contributed by atoms with van der Waals surface area (Å²) in [5.41, 5.74) is 0.968. The van der Waals surface area contributed by atoms with E-state index in [2.05, 4.69) is 17.8 Å². The van der Waals surface area contributed by atoms with Crippen LogP contribution >= 0.6 is 0 Å². The predicted molar refractivity (Wildman–Crippen MR) is 57.6 cm³/mol. The zero-order valence-electron chi connectivity index (χ0n) is 8.03. The number of rotatable bonds is 4. The molecule has 68 valence electrons. The van der Waals surface area contributed by atoms with Gasteiger partial charge in [-0.25, -0.2) is 4.99 Å². The third-order valence-electron chi connectivity index (χ3n) is 1.74. The van der Waals surface area contributed by atoms with E-state index in [4.69, 9.17) is 0 Å². The summed E-state index contributed by atoms with van der Waals surface area (Å²) in [7, 11) is 0. The van der Waals surface area contributed by atoms with E-state index in [-0.39, 0.29) is 0 Å². The van der Waals surface area contributed by atoms with Gasteiger partial charge in [0, 0.05) is 0 Å². The molecule has 0 bridgehead atoms. The van der Waals surface area contributed by atoms with Crippen molar-refractivity contribution in [3.05, 3.63) is 36.4 Å². The minimum atomic E-state index is 0.968. The molecule has 1 heteroatoms. The van der Waals surface area contributed by atoms with Crippen molar-refractivity contribution < 1.29 is 0 Å². The highest BCUT2D eigenvalue weighted by molar-refractivity contribution is 5.58. The molecule has 0 heterocycles. The predicted octanol–water partition coefficient (Wildman–Crippen LogP) is 3.73. The topological polar surface area (TPSA) is 12.4 Å². The molecule has 0 amide bonds. The fourth-order valence-electron chi connectivity index (χ4n) is 0.993. The van der Waals surface area contributed by atoms with Crippen LogP contribution in [-0.4, -0.2) is 5.87 Å². The summed E-state index contributed by atoms with van der Waals surface area (Å²) in [4.78, 5) is 4.17. The quantitative estimate of drug-likeness (QED) is 0.486. The minimum absolute atomic E-state index is 0.968. The Hall–Kier alpha value is -1.33. The first kappa shape index (κ1) is 9.76. The SMILES string of the molecule is CCCCC=C=Nc1ccccc1. The molecule has 0 saturated carbocycles. The largest absolute Gasteiger partial charge is 0.207 e. The fraction of sp³-hybridized carbons (Fsp3) is 0.333. The second-order valence-electron chi connectivity index (χ2n) is 2.92. The molecule has 0 saturated heterocycles. The van der Waals surface area contributed by atoms with Crippen LogP contribution in [0.2, 0.25) is 0 Å². The van der Waals surface area contributed by atoms with Crippen molar-refractivity contribution in [2.45, 2.75) is 26.2 Å². The van der Waals surface area contributed by atoms with Crippen LogP contribution in [0.1, 0.15) is 26.2 Å². The first-order valence-corrected chi connectivity index (χ1v) is 4.76. The summed E-state index contributed by atoms with van der Waals surface area (Å²) < 4.78 is 0. The molecule has 0 radical (unpaired) electrons. The Labute approximate surface area is 79.8 Å². The van der Waals surface area contributed by atoms with Crippen LogP contribution in [0.5, 0.6) is 0 Å². The number of benzene rings is 1. The number of unbranched alkanes of at least 4 members (excludes halogenated alkanes) is 2. The number of hydrogen-bond acceptors (Lipinski definition) is 1. The zero-order valence-corrected chi connectivity index (χ0v) is 8.03. The van der Waals surface area contributed by atoms with Gasteiger partial charge in [0.15, 0.2) is 0 Å². The van der Waals surface area contributed by atoms with E-state index in [0.29, 0.717) is 0 Å².